The van der Waals surface area contributed by atoms with Crippen LogP contribution in [0, 0.1) is 60.7 Å². The van der Waals surface area contributed by atoms with Crippen LogP contribution in [0.15, 0.2) is 97.1 Å². The van der Waals surface area contributed by atoms with Crippen LogP contribution in [0.5, 0.6) is 28.7 Å². The van der Waals surface area contributed by atoms with E-state index in [0.29, 0.717) is 44.1 Å². The maximum absolute atomic E-state index is 10.4. The van der Waals surface area contributed by atoms with Crippen LogP contribution in [0.1, 0.15) is 16.7 Å². The maximum Gasteiger partial charge on any atom is 0.324 e. The van der Waals surface area contributed by atoms with Gasteiger partial charge in [-0.1, -0.05) is 36.4 Å². The number of fused-ring (bicyclic) bond motifs is 15. The van der Waals surface area contributed by atoms with E-state index < -0.39 is 75.2 Å². The molecule has 5 N–H and O–H groups in total. The predicted molar refractivity (Wildman–Crippen MR) is 260 cm³/mol. The fourth-order valence-electron chi connectivity index (χ4n) is 7.14. The van der Waals surface area contributed by atoms with Crippen molar-refractivity contribution in [2.24, 2.45) is 0 Å². The molecule has 0 fully saturated rings. The zero-order chi connectivity index (χ0) is 52.9. The second-order valence-electron chi connectivity index (χ2n) is 15.9. The Balaban J connectivity index is 0.000000295. The molecule has 0 saturated heterocycles. The number of non-ortho nitro benzene ring substituents is 2. The molecule has 0 aromatic heterocycles. The van der Waals surface area contributed by atoms with Crippen molar-refractivity contribution in [3.05, 3.63) is 174 Å². The molecule has 5 aromatic rings. The molecule has 3 heterocycles. The molecule has 29 heteroatoms. The van der Waals surface area contributed by atoms with E-state index in [1.54, 1.807) is 0 Å². The van der Waals surface area contributed by atoms with Crippen LogP contribution in [-0.2, 0) is 36.4 Å². The van der Waals surface area contributed by atoms with Gasteiger partial charge in [-0.3, -0.25) is 70.5 Å². The number of nitro benzene ring substituents is 6. The number of nitrogens with one attached hydrogen (secondary N) is 3. The van der Waals surface area contributed by atoms with Crippen LogP contribution < -0.4 is 30.2 Å². The zero-order valence-electron chi connectivity index (χ0n) is 39.3. The monoisotopic (exact) mass is 1080 g/mol. The number of phenolic OH excluding ortho intramolecular Hbond substituents is 2. The first kappa shape index (κ1) is 58.4. The van der Waals surface area contributed by atoms with Gasteiger partial charge in [-0.2, -0.15) is 0 Å². The summed E-state index contributed by atoms with van der Waals surface area (Å²) < 4.78 is 18.6. The van der Waals surface area contributed by atoms with Crippen LogP contribution >= 0.6 is 0 Å². The molecule has 0 atom stereocenters. The SMILES string of the molecule is O=[N+]([O-])c1cc([N+](=O)[O-])c(O)c([N+](=O)[O-])c1.O=[N+]([O-])c1cc([N+](=O)[O-])c(O)c([N+](=O)[O-])c1.[Co].c1cc2cc(c1)OCCN1CCOc3cccc(c3)CNCCN(CCNC2)CCNCc2cccc(c2)OCC1. The Hall–Kier alpha value is -8.19. The fraction of sp³-hybridized carbons (Fsp3) is 0.333. The van der Waals surface area contributed by atoms with Crippen molar-refractivity contribution in [3.63, 3.8) is 0 Å². The normalized spacial score (nSPS) is 16.4. The second kappa shape index (κ2) is 29.4. The number of hydrogen-bond donors (Lipinski definition) is 5. The molecule has 1 radical (unpaired) electrons. The van der Waals surface area contributed by atoms with Gasteiger partial charge in [-0.25, -0.2) is 0 Å². The van der Waals surface area contributed by atoms with Crippen LogP contribution in [0.2, 0.25) is 0 Å². The first-order valence-corrected chi connectivity index (χ1v) is 22.3. The smallest absolute Gasteiger partial charge is 0.324 e. The van der Waals surface area contributed by atoms with Crippen LogP contribution in [0.4, 0.5) is 34.1 Å². The summed E-state index contributed by atoms with van der Waals surface area (Å²) in [7, 11) is 0. The van der Waals surface area contributed by atoms with E-state index in [4.69, 9.17) is 24.4 Å². The Labute approximate surface area is 430 Å². The molecule has 0 saturated carbocycles. The molecule has 5 aromatic carbocycles. The average Bonchev–Trinajstić information content (AvgIpc) is 3.35. The predicted octanol–water partition coefficient (Wildman–Crippen LogP) is 5.35. The Kier molecular flexibility index (Phi) is 23.2. The van der Waals surface area contributed by atoms with Crippen molar-refractivity contribution >= 4 is 34.1 Å². The summed E-state index contributed by atoms with van der Waals surface area (Å²) in [5, 5.41) is 91.3. The standard InChI is InChI=1S/C33H45N5O3.2C6H3N3O7.Co/c1-4-28-22-31(7-1)39-19-16-38-17-20-40-32-8-2-5-29(23-32)26-35-11-14-37(13-10-34-25-28)15-12-36-27-30-6-3-9-33(24-30)41-21-18-38;2*10-6-4(8(13)14)1-3(7(11)12)2-5(6)9(15)16;/h1-9,22-24,34-36H,10-21,25-27H2;2*1-2,10H;. The van der Waals surface area contributed by atoms with E-state index in [-0.39, 0.29) is 16.8 Å². The number of aromatic hydroxyl groups is 2. The van der Waals surface area contributed by atoms with Gasteiger partial charge >= 0.3 is 22.7 Å². The van der Waals surface area contributed by atoms with Gasteiger partial charge in [0.15, 0.2) is 0 Å². The minimum Gasteiger partial charge on any atom is -0.497 e. The first-order chi connectivity index (χ1) is 35.0. The van der Waals surface area contributed by atoms with E-state index in [2.05, 4.69) is 80.3 Å². The largest absolute Gasteiger partial charge is 0.497 e. The van der Waals surface area contributed by atoms with Crippen molar-refractivity contribution in [2.75, 3.05) is 78.7 Å². The number of ether oxygens (including phenoxy) is 3. The summed E-state index contributed by atoms with van der Waals surface area (Å²) in [4.78, 5) is 60.4. The first-order valence-electron chi connectivity index (χ1n) is 22.3. The van der Waals surface area contributed by atoms with E-state index in [1.165, 1.54) is 16.7 Å². The third-order valence-electron chi connectivity index (χ3n) is 10.8. The van der Waals surface area contributed by atoms with Crippen LogP contribution in [-0.4, -0.2) is 128 Å². The quantitative estimate of drug-likeness (QED) is 0.106. The second-order valence-corrected chi connectivity index (χ2v) is 15.9. The number of rotatable bonds is 6. The maximum atomic E-state index is 10.4. The third-order valence-corrected chi connectivity index (χ3v) is 10.8. The van der Waals surface area contributed by atoms with Crippen molar-refractivity contribution in [1.29, 1.82) is 0 Å². The molecule has 8 rings (SSSR count). The molecule has 0 amide bonds. The Morgan fingerprint density at radius 2 is 0.676 bits per heavy atom. The molecule has 3 aliphatic heterocycles. The molecule has 0 aliphatic carbocycles. The van der Waals surface area contributed by atoms with Gasteiger partial charge in [-0.05, 0) is 53.1 Å². The minimum atomic E-state index is -1.21. The zero-order valence-corrected chi connectivity index (χ0v) is 40.3. The van der Waals surface area contributed by atoms with Gasteiger partial charge in [-0.15, -0.1) is 0 Å². The van der Waals surface area contributed by atoms with Crippen molar-refractivity contribution in [3.8, 4) is 28.7 Å². The summed E-state index contributed by atoms with van der Waals surface area (Å²) in [6, 6.07) is 27.1. The van der Waals surface area contributed by atoms with Gasteiger partial charge in [0.1, 0.15) is 37.1 Å². The summed E-state index contributed by atoms with van der Waals surface area (Å²) in [6.07, 6.45) is 0. The minimum absolute atomic E-state index is 0. The van der Waals surface area contributed by atoms with Gasteiger partial charge in [0, 0.05) is 95.3 Å². The number of nitro groups is 6. The topological polar surface area (TPSA) is 370 Å². The Bertz CT molecular complexity index is 2450. The Morgan fingerprint density at radius 3 is 0.932 bits per heavy atom. The van der Waals surface area contributed by atoms with Crippen LogP contribution in [0.3, 0.4) is 0 Å². The summed E-state index contributed by atoms with van der Waals surface area (Å²) in [5.41, 5.74) is -2.29. The fourth-order valence-corrected chi connectivity index (χ4v) is 7.14. The average molecular weight is 1080 g/mol. The van der Waals surface area contributed by atoms with Gasteiger partial charge < -0.3 is 40.4 Å². The number of phenols is 2. The van der Waals surface area contributed by atoms with Gasteiger partial charge in [0.05, 0.1) is 53.8 Å². The van der Waals surface area contributed by atoms with Crippen molar-refractivity contribution in [2.45, 2.75) is 19.6 Å². The summed E-state index contributed by atoms with van der Waals surface area (Å²) in [5.74, 6) is 0.316. The molecule has 397 valence electrons. The van der Waals surface area contributed by atoms with Gasteiger partial charge in [0.25, 0.3) is 22.9 Å². The van der Waals surface area contributed by atoms with E-state index in [1.807, 2.05) is 18.2 Å². The molecule has 74 heavy (non-hydrogen) atoms. The molecule has 3 aliphatic rings. The molecule has 0 spiro atoms. The summed E-state index contributed by atoms with van der Waals surface area (Å²) >= 11 is 0. The van der Waals surface area contributed by atoms with Crippen molar-refractivity contribution in [1.82, 2.24) is 25.8 Å². The van der Waals surface area contributed by atoms with Gasteiger partial charge in [0.2, 0.25) is 0 Å². The molecular formula is C45H51CoN11O17. The third kappa shape index (κ3) is 18.4. The van der Waals surface area contributed by atoms with E-state index in [0.717, 1.165) is 95.8 Å². The Morgan fingerprint density at radius 1 is 0.405 bits per heavy atom. The number of benzene rings is 5. The van der Waals surface area contributed by atoms with Crippen LogP contribution in [0.25, 0.3) is 0 Å². The van der Waals surface area contributed by atoms with Crippen molar-refractivity contribution < 1.29 is 70.7 Å². The number of hydrogen-bond acceptors (Lipinski definition) is 22. The van der Waals surface area contributed by atoms with E-state index >= 15 is 0 Å². The molecule has 8 bridgehead atoms. The summed E-state index contributed by atoms with van der Waals surface area (Å²) in [6.45, 7) is 12.4. The molecular weight excluding hydrogens is 1030 g/mol. The molecule has 0 unspecified atom stereocenters. The van der Waals surface area contributed by atoms with E-state index in [9.17, 15) is 60.7 Å². The molecule has 28 nitrogen and oxygen atoms in total. The number of nitrogens with zero attached hydrogens (tertiary/aromatic N) is 8.